The average molecular weight is 453 g/mol. The van der Waals surface area contributed by atoms with Crippen LogP contribution in [0.4, 0.5) is 4.79 Å². The predicted molar refractivity (Wildman–Crippen MR) is 126 cm³/mol. The number of carbonyl (C=O) groups is 3. The zero-order valence-electron chi connectivity index (χ0n) is 19.8. The summed E-state index contributed by atoms with van der Waals surface area (Å²) in [7, 11) is 1.43. The fourth-order valence-corrected chi connectivity index (χ4v) is 4.13. The number of ether oxygens (including phenoxy) is 1. The van der Waals surface area contributed by atoms with Crippen molar-refractivity contribution in [1.29, 1.82) is 0 Å². The van der Waals surface area contributed by atoms with E-state index >= 15 is 0 Å². The molecule has 1 aliphatic rings. The smallest absolute Gasteiger partial charge is 0.407 e. The van der Waals surface area contributed by atoms with E-state index in [-0.39, 0.29) is 18.4 Å². The number of benzene rings is 2. The summed E-state index contributed by atoms with van der Waals surface area (Å²) < 4.78 is 5.58. The van der Waals surface area contributed by atoms with Crippen LogP contribution < -0.4 is 5.32 Å². The summed E-state index contributed by atoms with van der Waals surface area (Å²) in [4.78, 5) is 38.5. The maximum absolute atomic E-state index is 13.0. The van der Waals surface area contributed by atoms with Crippen molar-refractivity contribution in [1.82, 2.24) is 10.2 Å². The van der Waals surface area contributed by atoms with Gasteiger partial charge >= 0.3 is 12.1 Å². The van der Waals surface area contributed by atoms with E-state index in [0.717, 1.165) is 27.2 Å². The lowest BCUT2D eigenvalue weighted by Gasteiger charge is -2.34. The third-order valence-corrected chi connectivity index (χ3v) is 6.33. The van der Waals surface area contributed by atoms with Gasteiger partial charge in [-0.2, -0.15) is 0 Å². The molecule has 0 aromatic heterocycles. The van der Waals surface area contributed by atoms with Crippen LogP contribution in [-0.2, 0) is 14.3 Å². The Morgan fingerprint density at radius 3 is 2.03 bits per heavy atom. The highest BCUT2D eigenvalue weighted by atomic mass is 16.5. The number of carboxylic acids is 1. The minimum Gasteiger partial charge on any atom is -0.480 e. The fraction of sp³-hybridized carbons (Fsp3) is 0.423. The summed E-state index contributed by atoms with van der Waals surface area (Å²) in [5, 5.41) is 12.1. The highest BCUT2D eigenvalue weighted by Gasteiger charge is 2.39. The van der Waals surface area contributed by atoms with Crippen molar-refractivity contribution < 1.29 is 24.2 Å². The van der Waals surface area contributed by atoms with Crippen molar-refractivity contribution in [3.05, 3.63) is 59.7 Å². The van der Waals surface area contributed by atoms with Crippen molar-refractivity contribution in [3.8, 4) is 11.1 Å². The first kappa shape index (κ1) is 24.3. The van der Waals surface area contributed by atoms with Gasteiger partial charge in [0, 0.05) is 13.0 Å². The maximum atomic E-state index is 13.0. The topological polar surface area (TPSA) is 95.9 Å². The minimum atomic E-state index is -1.41. The largest absolute Gasteiger partial charge is 0.480 e. The van der Waals surface area contributed by atoms with Gasteiger partial charge in [-0.3, -0.25) is 4.79 Å². The Morgan fingerprint density at radius 1 is 1.03 bits per heavy atom. The first-order valence-electron chi connectivity index (χ1n) is 11.2. The Balaban J connectivity index is 1.71. The number of fused-ring (bicyclic) bond motifs is 3. The first-order valence-corrected chi connectivity index (χ1v) is 11.2. The van der Waals surface area contributed by atoms with Crippen molar-refractivity contribution >= 4 is 18.0 Å². The molecule has 7 heteroatoms. The molecule has 7 nitrogen and oxygen atoms in total. The minimum absolute atomic E-state index is 0.0870. The zero-order valence-corrected chi connectivity index (χ0v) is 19.8. The molecular weight excluding hydrogens is 420 g/mol. The average Bonchev–Trinajstić information content (AvgIpc) is 3.09. The third-order valence-electron chi connectivity index (χ3n) is 6.33. The quantitative estimate of drug-likeness (QED) is 0.624. The molecule has 2 aromatic carbocycles. The Hall–Kier alpha value is -3.35. The second-order valence-electron chi connectivity index (χ2n) is 9.41. The molecule has 0 radical (unpaired) electrons. The summed E-state index contributed by atoms with van der Waals surface area (Å²) in [6, 6.07) is 15.2. The van der Waals surface area contributed by atoms with Crippen LogP contribution in [0, 0.1) is 5.92 Å². The maximum Gasteiger partial charge on any atom is 0.407 e. The number of amides is 2. The van der Waals surface area contributed by atoms with Crippen LogP contribution in [0.5, 0.6) is 0 Å². The molecule has 0 bridgehead atoms. The molecule has 3 rings (SSSR count). The van der Waals surface area contributed by atoms with Crippen LogP contribution in [0.3, 0.4) is 0 Å². The molecule has 1 unspecified atom stereocenters. The number of hydrogen-bond donors (Lipinski definition) is 2. The zero-order chi connectivity index (χ0) is 24.3. The summed E-state index contributed by atoms with van der Waals surface area (Å²) in [5.74, 6) is -1.57. The molecule has 0 aliphatic heterocycles. The van der Waals surface area contributed by atoms with E-state index in [2.05, 4.69) is 17.4 Å². The van der Waals surface area contributed by atoms with Gasteiger partial charge in [0.15, 0.2) is 0 Å². The van der Waals surface area contributed by atoms with Crippen LogP contribution >= 0.6 is 0 Å². The van der Waals surface area contributed by atoms with Crippen LogP contribution in [0.25, 0.3) is 11.1 Å². The predicted octanol–water partition coefficient (Wildman–Crippen LogP) is 4.26. The van der Waals surface area contributed by atoms with Gasteiger partial charge in [-0.1, -0.05) is 62.4 Å². The summed E-state index contributed by atoms with van der Waals surface area (Å²) in [6.07, 6.45) is -0.333. The van der Waals surface area contributed by atoms with Gasteiger partial charge in [0.1, 0.15) is 18.2 Å². The lowest BCUT2D eigenvalue weighted by atomic mass is 9.98. The Bertz CT molecular complexity index is 1000. The second kappa shape index (κ2) is 9.65. The van der Waals surface area contributed by atoms with Gasteiger partial charge in [0.05, 0.1) is 0 Å². The highest BCUT2D eigenvalue weighted by Crippen LogP contribution is 2.44. The summed E-state index contributed by atoms with van der Waals surface area (Å²) >= 11 is 0. The van der Waals surface area contributed by atoms with Gasteiger partial charge in [-0.25, -0.2) is 9.59 Å². The monoisotopic (exact) mass is 452 g/mol. The second-order valence-corrected chi connectivity index (χ2v) is 9.41. The van der Waals surface area contributed by atoms with Crippen LogP contribution in [0.1, 0.15) is 51.2 Å². The Morgan fingerprint density at radius 2 is 1.55 bits per heavy atom. The molecule has 0 heterocycles. The molecule has 176 valence electrons. The van der Waals surface area contributed by atoms with E-state index in [0.29, 0.717) is 6.42 Å². The van der Waals surface area contributed by atoms with Gasteiger partial charge < -0.3 is 20.1 Å². The third kappa shape index (κ3) is 5.02. The molecule has 0 saturated heterocycles. The number of nitrogens with one attached hydrogen (secondary N) is 1. The number of rotatable bonds is 8. The molecule has 1 atom stereocenters. The number of alkyl carbamates (subject to hydrolysis) is 1. The van der Waals surface area contributed by atoms with E-state index < -0.39 is 29.6 Å². The molecule has 0 spiro atoms. The van der Waals surface area contributed by atoms with Crippen LogP contribution in [-0.4, -0.2) is 53.2 Å². The lowest BCUT2D eigenvalue weighted by molar-refractivity contribution is -0.156. The van der Waals surface area contributed by atoms with Crippen LogP contribution in [0.15, 0.2) is 48.5 Å². The Labute approximate surface area is 194 Å². The van der Waals surface area contributed by atoms with Crippen molar-refractivity contribution in [2.75, 3.05) is 13.7 Å². The number of likely N-dealkylation sites (N-methyl/N-ethyl adjacent to an activating group) is 1. The molecule has 1 aliphatic carbocycles. The van der Waals surface area contributed by atoms with Crippen molar-refractivity contribution in [2.45, 2.75) is 51.6 Å². The normalized spacial score (nSPS) is 13.8. The number of hydrogen-bond acceptors (Lipinski definition) is 4. The van der Waals surface area contributed by atoms with E-state index in [1.165, 1.54) is 20.9 Å². The molecule has 0 fully saturated rings. The molecule has 2 amide bonds. The summed E-state index contributed by atoms with van der Waals surface area (Å²) in [6.45, 7) is 6.91. The number of aliphatic carboxylic acids is 1. The molecule has 2 N–H and O–H groups in total. The number of carboxylic acid groups (broad SMARTS) is 1. The number of nitrogens with zero attached hydrogens (tertiary/aromatic N) is 1. The number of carbonyl (C=O) groups excluding carboxylic acids is 2. The van der Waals surface area contributed by atoms with Crippen LogP contribution in [0.2, 0.25) is 0 Å². The van der Waals surface area contributed by atoms with Gasteiger partial charge in [0.2, 0.25) is 5.91 Å². The molecule has 33 heavy (non-hydrogen) atoms. The van der Waals surface area contributed by atoms with E-state index in [1.807, 2.05) is 50.2 Å². The van der Waals surface area contributed by atoms with Gasteiger partial charge in [0.25, 0.3) is 0 Å². The molecular formula is C26H32N2O5. The lowest BCUT2D eigenvalue weighted by Crippen LogP contribution is -2.57. The van der Waals surface area contributed by atoms with E-state index in [1.54, 1.807) is 0 Å². The van der Waals surface area contributed by atoms with Crippen molar-refractivity contribution in [3.63, 3.8) is 0 Å². The fourth-order valence-electron chi connectivity index (χ4n) is 4.13. The van der Waals surface area contributed by atoms with Gasteiger partial charge in [-0.05, 0) is 48.4 Å². The van der Waals surface area contributed by atoms with Crippen molar-refractivity contribution in [2.24, 2.45) is 5.92 Å². The molecule has 0 saturated carbocycles. The summed E-state index contributed by atoms with van der Waals surface area (Å²) in [5.41, 5.74) is 3.06. The highest BCUT2D eigenvalue weighted by molar-refractivity contribution is 5.90. The standard InChI is InChI=1S/C26H32N2O5/c1-16(2)14-22(23(29)28(5)26(3,4)24(30)31)27-25(32)33-15-21-19-12-8-6-10-17(19)18-11-7-9-13-20(18)21/h6-13,16,21-22H,14-15H2,1-5H3,(H,27,32)(H,30,31). The van der Waals surface area contributed by atoms with E-state index in [9.17, 15) is 19.5 Å². The van der Waals surface area contributed by atoms with E-state index in [4.69, 9.17) is 4.74 Å². The first-order chi connectivity index (χ1) is 15.5. The van der Waals surface area contributed by atoms with Gasteiger partial charge in [-0.15, -0.1) is 0 Å². The Kier molecular flexibility index (Phi) is 7.10. The SMILES string of the molecule is CC(C)CC(NC(=O)OCC1c2ccccc2-c2ccccc21)C(=O)N(C)C(C)(C)C(=O)O. The molecule has 2 aromatic rings.